The first kappa shape index (κ1) is 11.0. The molecule has 78 valence electrons. The molecule has 13 heavy (non-hydrogen) atoms. The van der Waals surface area contributed by atoms with Crippen LogP contribution in [-0.4, -0.2) is 42.8 Å². The van der Waals surface area contributed by atoms with Crippen molar-refractivity contribution in [1.29, 1.82) is 0 Å². The van der Waals surface area contributed by atoms with Gasteiger partial charge in [0, 0.05) is 13.1 Å². The minimum absolute atomic E-state index is 0.270. The van der Waals surface area contributed by atoms with E-state index in [4.69, 9.17) is 10.8 Å². The molecular weight excluding hydrogens is 164 g/mol. The average molecular weight is 186 g/mol. The van der Waals surface area contributed by atoms with Gasteiger partial charge in [0.15, 0.2) is 0 Å². The molecule has 0 aromatic carbocycles. The molecule has 1 rings (SSSR count). The van der Waals surface area contributed by atoms with E-state index in [0.29, 0.717) is 5.41 Å². The van der Waals surface area contributed by atoms with Crippen LogP contribution in [0.5, 0.6) is 0 Å². The molecule has 1 aliphatic carbocycles. The molecule has 0 radical (unpaired) electrons. The highest BCUT2D eigenvalue weighted by molar-refractivity contribution is 4.95. The predicted octanol–water partition coefficient (Wildman–Crippen LogP) is 0.430. The Morgan fingerprint density at radius 2 is 2.15 bits per heavy atom. The van der Waals surface area contributed by atoms with E-state index in [2.05, 4.69) is 11.8 Å². The number of nitrogens with two attached hydrogens (primary N) is 1. The van der Waals surface area contributed by atoms with Crippen molar-refractivity contribution < 1.29 is 5.11 Å². The molecule has 0 aromatic heterocycles. The molecule has 0 spiro atoms. The standard InChI is InChI=1S/C10H22N2O/c1-2-12(7-8-13)9-10(3-4-10)5-6-11/h13H,2-9,11H2,1H3. The Bertz CT molecular complexity index is 146. The van der Waals surface area contributed by atoms with E-state index in [0.717, 1.165) is 32.6 Å². The van der Waals surface area contributed by atoms with Crippen LogP contribution in [-0.2, 0) is 0 Å². The number of aliphatic hydroxyl groups is 1. The van der Waals surface area contributed by atoms with Crippen molar-refractivity contribution in [2.24, 2.45) is 11.1 Å². The van der Waals surface area contributed by atoms with Gasteiger partial charge in [0.05, 0.1) is 6.61 Å². The van der Waals surface area contributed by atoms with Crippen molar-refractivity contribution in [2.75, 3.05) is 32.8 Å². The fourth-order valence-corrected chi connectivity index (χ4v) is 1.93. The summed E-state index contributed by atoms with van der Waals surface area (Å²) in [5, 5.41) is 8.85. The minimum Gasteiger partial charge on any atom is -0.395 e. The summed E-state index contributed by atoms with van der Waals surface area (Å²) in [5.74, 6) is 0. The van der Waals surface area contributed by atoms with Crippen LogP contribution < -0.4 is 5.73 Å². The second kappa shape index (κ2) is 4.94. The lowest BCUT2D eigenvalue weighted by atomic mass is 10.0. The van der Waals surface area contributed by atoms with Crippen molar-refractivity contribution in [3.05, 3.63) is 0 Å². The number of rotatable bonds is 7. The molecule has 0 unspecified atom stereocenters. The molecule has 0 amide bonds. The van der Waals surface area contributed by atoms with Gasteiger partial charge >= 0.3 is 0 Å². The molecule has 3 N–H and O–H groups in total. The smallest absolute Gasteiger partial charge is 0.0558 e. The zero-order valence-corrected chi connectivity index (χ0v) is 8.63. The van der Waals surface area contributed by atoms with Crippen LogP contribution in [0.1, 0.15) is 26.2 Å². The predicted molar refractivity (Wildman–Crippen MR) is 54.5 cm³/mol. The molecule has 0 saturated heterocycles. The zero-order valence-electron chi connectivity index (χ0n) is 8.63. The summed E-state index contributed by atoms with van der Waals surface area (Å²) in [6, 6.07) is 0. The molecule has 1 fully saturated rings. The third kappa shape index (κ3) is 3.25. The number of nitrogens with zero attached hydrogens (tertiary/aromatic N) is 1. The van der Waals surface area contributed by atoms with Crippen molar-refractivity contribution in [3.63, 3.8) is 0 Å². The first-order chi connectivity index (χ1) is 6.26. The van der Waals surface area contributed by atoms with E-state index < -0.39 is 0 Å². The Morgan fingerprint density at radius 3 is 2.54 bits per heavy atom. The van der Waals surface area contributed by atoms with Crippen LogP contribution in [0.15, 0.2) is 0 Å². The molecule has 3 heteroatoms. The van der Waals surface area contributed by atoms with E-state index in [9.17, 15) is 0 Å². The fraction of sp³-hybridized carbons (Fsp3) is 1.00. The van der Waals surface area contributed by atoms with Crippen molar-refractivity contribution in [3.8, 4) is 0 Å². The molecule has 0 aliphatic heterocycles. The van der Waals surface area contributed by atoms with E-state index in [1.807, 2.05) is 0 Å². The number of aliphatic hydroxyl groups excluding tert-OH is 1. The van der Waals surface area contributed by atoms with Gasteiger partial charge in [-0.25, -0.2) is 0 Å². The maximum Gasteiger partial charge on any atom is 0.0558 e. The highest BCUT2D eigenvalue weighted by Gasteiger charge is 2.42. The van der Waals surface area contributed by atoms with E-state index in [1.54, 1.807) is 0 Å². The summed E-state index contributed by atoms with van der Waals surface area (Å²) in [4.78, 5) is 2.32. The molecular formula is C10H22N2O. The molecule has 0 bridgehead atoms. The average Bonchev–Trinajstić information content (AvgIpc) is 2.85. The second-order valence-electron chi connectivity index (χ2n) is 4.13. The summed E-state index contributed by atoms with van der Waals surface area (Å²) in [6.07, 6.45) is 3.80. The summed E-state index contributed by atoms with van der Waals surface area (Å²) in [6.45, 7) is 6.19. The van der Waals surface area contributed by atoms with Crippen molar-refractivity contribution in [1.82, 2.24) is 4.90 Å². The zero-order chi connectivity index (χ0) is 9.73. The Labute approximate surface area is 80.9 Å². The lowest BCUT2D eigenvalue weighted by Gasteiger charge is -2.25. The summed E-state index contributed by atoms with van der Waals surface area (Å²) in [5.41, 5.74) is 6.09. The molecule has 1 saturated carbocycles. The SMILES string of the molecule is CCN(CCO)CC1(CCN)CC1. The Kier molecular flexibility index (Phi) is 4.16. The van der Waals surface area contributed by atoms with Gasteiger partial charge in [-0.1, -0.05) is 6.92 Å². The number of hydrogen-bond donors (Lipinski definition) is 2. The molecule has 1 aliphatic rings. The molecule has 3 nitrogen and oxygen atoms in total. The van der Waals surface area contributed by atoms with Gasteiger partial charge in [0.1, 0.15) is 0 Å². The number of likely N-dealkylation sites (N-methyl/N-ethyl adjacent to an activating group) is 1. The Balaban J connectivity index is 2.27. The summed E-state index contributed by atoms with van der Waals surface area (Å²) < 4.78 is 0. The van der Waals surface area contributed by atoms with Gasteiger partial charge < -0.3 is 15.7 Å². The van der Waals surface area contributed by atoms with Crippen molar-refractivity contribution >= 4 is 0 Å². The lowest BCUT2D eigenvalue weighted by Crippen LogP contribution is -2.33. The van der Waals surface area contributed by atoms with Gasteiger partial charge in [-0.05, 0) is 37.8 Å². The van der Waals surface area contributed by atoms with E-state index >= 15 is 0 Å². The summed E-state index contributed by atoms with van der Waals surface area (Å²) >= 11 is 0. The molecule has 0 atom stereocenters. The lowest BCUT2D eigenvalue weighted by molar-refractivity contribution is 0.172. The molecule has 0 aromatic rings. The monoisotopic (exact) mass is 186 g/mol. The van der Waals surface area contributed by atoms with Gasteiger partial charge in [0.2, 0.25) is 0 Å². The van der Waals surface area contributed by atoms with Crippen LogP contribution >= 0.6 is 0 Å². The Morgan fingerprint density at radius 1 is 1.46 bits per heavy atom. The Hall–Kier alpha value is -0.120. The highest BCUT2D eigenvalue weighted by atomic mass is 16.3. The first-order valence-corrected chi connectivity index (χ1v) is 5.29. The minimum atomic E-state index is 0.270. The van der Waals surface area contributed by atoms with Crippen LogP contribution in [0.3, 0.4) is 0 Å². The van der Waals surface area contributed by atoms with Crippen LogP contribution in [0.4, 0.5) is 0 Å². The van der Waals surface area contributed by atoms with Gasteiger partial charge in [0.25, 0.3) is 0 Å². The fourth-order valence-electron chi connectivity index (χ4n) is 1.93. The second-order valence-corrected chi connectivity index (χ2v) is 4.13. The molecule has 0 heterocycles. The van der Waals surface area contributed by atoms with Crippen LogP contribution in [0.2, 0.25) is 0 Å². The van der Waals surface area contributed by atoms with E-state index in [1.165, 1.54) is 12.8 Å². The quantitative estimate of drug-likeness (QED) is 0.606. The maximum absolute atomic E-state index is 8.85. The number of hydrogen-bond acceptors (Lipinski definition) is 3. The maximum atomic E-state index is 8.85. The third-order valence-corrected chi connectivity index (χ3v) is 3.05. The first-order valence-electron chi connectivity index (χ1n) is 5.29. The van der Waals surface area contributed by atoms with E-state index in [-0.39, 0.29) is 6.61 Å². The van der Waals surface area contributed by atoms with Gasteiger partial charge in [-0.3, -0.25) is 0 Å². The van der Waals surface area contributed by atoms with Crippen LogP contribution in [0.25, 0.3) is 0 Å². The highest BCUT2D eigenvalue weighted by Crippen LogP contribution is 2.48. The van der Waals surface area contributed by atoms with Crippen LogP contribution in [0, 0.1) is 5.41 Å². The third-order valence-electron chi connectivity index (χ3n) is 3.05. The van der Waals surface area contributed by atoms with Gasteiger partial charge in [-0.15, -0.1) is 0 Å². The summed E-state index contributed by atoms with van der Waals surface area (Å²) in [7, 11) is 0. The normalized spacial score (nSPS) is 19.4. The largest absolute Gasteiger partial charge is 0.395 e. The topological polar surface area (TPSA) is 49.5 Å². The van der Waals surface area contributed by atoms with Gasteiger partial charge in [-0.2, -0.15) is 0 Å². The van der Waals surface area contributed by atoms with Crippen molar-refractivity contribution in [2.45, 2.75) is 26.2 Å².